The summed E-state index contributed by atoms with van der Waals surface area (Å²) in [7, 11) is 0. The van der Waals surface area contributed by atoms with Crippen LogP contribution in [-0.2, 0) is 16.0 Å². The molecule has 1 N–H and O–H groups in total. The summed E-state index contributed by atoms with van der Waals surface area (Å²) in [5, 5.41) is 2.69. The van der Waals surface area contributed by atoms with Crippen molar-refractivity contribution in [3.05, 3.63) is 29.8 Å². The van der Waals surface area contributed by atoms with E-state index in [0.717, 1.165) is 12.8 Å². The maximum absolute atomic E-state index is 12.3. The first-order valence-corrected chi connectivity index (χ1v) is 7.00. The molecule has 3 nitrogen and oxygen atoms in total. The molecule has 0 bridgehead atoms. The van der Waals surface area contributed by atoms with Gasteiger partial charge in [-0.2, -0.15) is 13.2 Å². The molecular formula is C15H18F3NO2. The summed E-state index contributed by atoms with van der Waals surface area (Å²) < 4.78 is 42.3. The number of amides is 1. The van der Waals surface area contributed by atoms with Gasteiger partial charge in [0.2, 0.25) is 5.91 Å². The van der Waals surface area contributed by atoms with Crippen LogP contribution in [-0.4, -0.2) is 24.8 Å². The summed E-state index contributed by atoms with van der Waals surface area (Å²) >= 11 is 0. The predicted octanol–water partition coefficient (Wildman–Crippen LogP) is 3.69. The number of ether oxygens (including phenoxy) is 1. The molecule has 1 saturated heterocycles. The van der Waals surface area contributed by atoms with Gasteiger partial charge >= 0.3 is 6.18 Å². The van der Waals surface area contributed by atoms with Gasteiger partial charge in [0.1, 0.15) is 0 Å². The number of anilines is 1. The first-order valence-electron chi connectivity index (χ1n) is 7.00. The van der Waals surface area contributed by atoms with Crippen LogP contribution in [0.1, 0.15) is 31.2 Å². The van der Waals surface area contributed by atoms with Crippen LogP contribution in [0.4, 0.5) is 18.9 Å². The maximum Gasteiger partial charge on any atom is 0.389 e. The molecule has 116 valence electrons. The van der Waals surface area contributed by atoms with E-state index in [0.29, 0.717) is 17.9 Å². The number of aryl methyl sites for hydroxylation is 1. The summed E-state index contributed by atoms with van der Waals surface area (Å²) in [6.45, 7) is 0.667. The fourth-order valence-electron chi connectivity index (χ4n) is 2.35. The highest BCUT2D eigenvalue weighted by Crippen LogP contribution is 2.25. The molecular weight excluding hydrogens is 283 g/mol. The second kappa shape index (κ2) is 6.93. The average molecular weight is 301 g/mol. The fourth-order valence-corrected chi connectivity index (χ4v) is 2.35. The summed E-state index contributed by atoms with van der Waals surface area (Å²) in [6, 6.07) is 6.59. The van der Waals surface area contributed by atoms with E-state index >= 15 is 0 Å². The molecule has 0 unspecified atom stereocenters. The Hall–Kier alpha value is -1.56. The Morgan fingerprint density at radius 2 is 2.10 bits per heavy atom. The molecule has 1 amide bonds. The first kappa shape index (κ1) is 15.8. The fraction of sp³-hybridized carbons (Fsp3) is 0.533. The number of nitrogens with one attached hydrogen (secondary N) is 1. The van der Waals surface area contributed by atoms with Crippen molar-refractivity contribution in [1.82, 2.24) is 0 Å². The van der Waals surface area contributed by atoms with Crippen molar-refractivity contribution >= 4 is 11.6 Å². The van der Waals surface area contributed by atoms with Gasteiger partial charge in [-0.05, 0) is 30.9 Å². The van der Waals surface area contributed by atoms with Gasteiger partial charge in [0, 0.05) is 18.7 Å². The Bertz CT molecular complexity index is 482. The topological polar surface area (TPSA) is 38.3 Å². The lowest BCUT2D eigenvalue weighted by Gasteiger charge is -2.14. The summed E-state index contributed by atoms with van der Waals surface area (Å²) in [6.07, 6.45) is -3.27. The highest BCUT2D eigenvalue weighted by atomic mass is 19.4. The summed E-state index contributed by atoms with van der Waals surface area (Å²) in [4.78, 5) is 11.9. The summed E-state index contributed by atoms with van der Waals surface area (Å²) in [5.74, 6) is -0.221. The van der Waals surface area contributed by atoms with Gasteiger partial charge in [0.05, 0.1) is 12.5 Å². The number of rotatable bonds is 5. The third kappa shape index (κ3) is 5.38. The van der Waals surface area contributed by atoms with Crippen molar-refractivity contribution in [3.8, 4) is 0 Å². The zero-order chi connectivity index (χ0) is 15.3. The normalized spacial score (nSPS) is 18.7. The van der Waals surface area contributed by atoms with Gasteiger partial charge < -0.3 is 10.1 Å². The Kier molecular flexibility index (Phi) is 5.22. The van der Waals surface area contributed by atoms with Gasteiger partial charge in [0.25, 0.3) is 0 Å². The predicted molar refractivity (Wildman–Crippen MR) is 73.0 cm³/mol. The van der Waals surface area contributed by atoms with Gasteiger partial charge in [-0.25, -0.2) is 0 Å². The molecule has 2 rings (SSSR count). The Morgan fingerprint density at radius 3 is 2.76 bits per heavy atom. The number of carbonyl (C=O) groups is 1. The molecule has 1 heterocycles. The minimum atomic E-state index is -4.20. The number of halogens is 3. The van der Waals surface area contributed by atoms with E-state index in [1.54, 1.807) is 24.3 Å². The Balaban J connectivity index is 1.93. The molecule has 0 aromatic heterocycles. The third-order valence-electron chi connectivity index (χ3n) is 3.41. The molecule has 6 heteroatoms. The van der Waals surface area contributed by atoms with Crippen molar-refractivity contribution in [3.63, 3.8) is 0 Å². The van der Waals surface area contributed by atoms with Gasteiger partial charge in [0.15, 0.2) is 0 Å². The first-order chi connectivity index (χ1) is 9.94. The number of hydrogen-bond donors (Lipinski definition) is 1. The van der Waals surface area contributed by atoms with E-state index in [4.69, 9.17) is 4.74 Å². The number of benzene rings is 1. The minimum Gasteiger partial charge on any atom is -0.378 e. The standard InChI is InChI=1S/C15H18F3NO2/c16-15(17,18)8-7-11-4-1-2-6-13(11)19-14(20)10-12-5-3-9-21-12/h1-2,4,6,12H,3,5,7-10H2,(H,19,20)/t12-/m1/s1. The number of carbonyl (C=O) groups excluding carboxylic acids is 1. The lowest BCUT2D eigenvalue weighted by molar-refractivity contribution is -0.133. The van der Waals surface area contributed by atoms with Gasteiger partial charge in [-0.3, -0.25) is 4.79 Å². The smallest absolute Gasteiger partial charge is 0.378 e. The van der Waals surface area contributed by atoms with Crippen LogP contribution >= 0.6 is 0 Å². The van der Waals surface area contributed by atoms with E-state index in [2.05, 4.69) is 5.32 Å². The van der Waals surface area contributed by atoms with Crippen LogP contribution in [0, 0.1) is 0 Å². The minimum absolute atomic E-state index is 0.0765. The third-order valence-corrected chi connectivity index (χ3v) is 3.41. The Morgan fingerprint density at radius 1 is 1.33 bits per heavy atom. The van der Waals surface area contributed by atoms with E-state index in [9.17, 15) is 18.0 Å². The van der Waals surface area contributed by atoms with Crippen molar-refractivity contribution < 1.29 is 22.7 Å². The van der Waals surface area contributed by atoms with Crippen LogP contribution < -0.4 is 5.32 Å². The molecule has 1 aromatic carbocycles. The molecule has 0 aliphatic carbocycles. The quantitative estimate of drug-likeness (QED) is 0.900. The van der Waals surface area contributed by atoms with Crippen molar-refractivity contribution in [2.45, 2.75) is 44.4 Å². The molecule has 1 aliphatic heterocycles. The van der Waals surface area contributed by atoms with Crippen LogP contribution in [0.25, 0.3) is 0 Å². The molecule has 1 aliphatic rings. The highest BCUT2D eigenvalue weighted by molar-refractivity contribution is 5.91. The van der Waals surface area contributed by atoms with Crippen molar-refractivity contribution in [1.29, 1.82) is 0 Å². The van der Waals surface area contributed by atoms with E-state index in [1.165, 1.54) is 0 Å². The molecule has 0 spiro atoms. The maximum atomic E-state index is 12.3. The molecule has 1 atom stereocenters. The van der Waals surface area contributed by atoms with E-state index in [-0.39, 0.29) is 24.9 Å². The highest BCUT2D eigenvalue weighted by Gasteiger charge is 2.27. The van der Waals surface area contributed by atoms with Crippen LogP contribution in [0.3, 0.4) is 0 Å². The van der Waals surface area contributed by atoms with Crippen molar-refractivity contribution in [2.75, 3.05) is 11.9 Å². The second-order valence-electron chi connectivity index (χ2n) is 5.16. The van der Waals surface area contributed by atoms with E-state index < -0.39 is 12.6 Å². The lowest BCUT2D eigenvalue weighted by Crippen LogP contribution is -2.20. The number of alkyl halides is 3. The monoisotopic (exact) mass is 301 g/mol. The molecule has 0 radical (unpaired) electrons. The van der Waals surface area contributed by atoms with Crippen LogP contribution in [0.15, 0.2) is 24.3 Å². The average Bonchev–Trinajstić information content (AvgIpc) is 2.89. The summed E-state index contributed by atoms with van der Waals surface area (Å²) in [5.41, 5.74) is 0.945. The number of hydrogen-bond acceptors (Lipinski definition) is 2. The lowest BCUT2D eigenvalue weighted by atomic mass is 10.1. The van der Waals surface area contributed by atoms with Crippen LogP contribution in [0.5, 0.6) is 0 Å². The molecule has 1 aromatic rings. The van der Waals surface area contributed by atoms with E-state index in [1.807, 2.05) is 0 Å². The zero-order valence-corrected chi connectivity index (χ0v) is 11.6. The Labute approximate surface area is 121 Å². The van der Waals surface area contributed by atoms with Crippen LogP contribution in [0.2, 0.25) is 0 Å². The van der Waals surface area contributed by atoms with Crippen molar-refractivity contribution in [2.24, 2.45) is 0 Å². The zero-order valence-electron chi connectivity index (χ0n) is 11.6. The largest absolute Gasteiger partial charge is 0.389 e. The second-order valence-corrected chi connectivity index (χ2v) is 5.16. The van der Waals surface area contributed by atoms with Gasteiger partial charge in [-0.1, -0.05) is 18.2 Å². The molecule has 21 heavy (non-hydrogen) atoms. The molecule has 0 saturated carbocycles. The SMILES string of the molecule is O=C(C[C@H]1CCCO1)Nc1ccccc1CCC(F)(F)F. The van der Waals surface area contributed by atoms with Gasteiger partial charge in [-0.15, -0.1) is 0 Å². The molecule has 1 fully saturated rings. The number of para-hydroxylation sites is 1.